The molecule has 2 rings (SSSR count). The summed E-state index contributed by atoms with van der Waals surface area (Å²) < 4.78 is 10.2. The molecule has 1 amide bonds. The molecule has 1 aromatic rings. The summed E-state index contributed by atoms with van der Waals surface area (Å²) in [5.74, 6) is 1.11. The number of hydrogen-bond acceptors (Lipinski definition) is 7. The van der Waals surface area contributed by atoms with Crippen LogP contribution in [0.1, 0.15) is 44.8 Å². The summed E-state index contributed by atoms with van der Waals surface area (Å²) >= 11 is 0. The van der Waals surface area contributed by atoms with Crippen molar-refractivity contribution in [1.82, 2.24) is 19.9 Å². The lowest BCUT2D eigenvalue weighted by Gasteiger charge is -2.21. The zero-order chi connectivity index (χ0) is 18.1. The van der Waals surface area contributed by atoms with Crippen molar-refractivity contribution in [3.8, 4) is 0 Å². The highest BCUT2D eigenvalue weighted by atomic mass is 16.5. The quantitative estimate of drug-likeness (QED) is 0.646. The van der Waals surface area contributed by atoms with E-state index in [1.165, 1.54) is 0 Å². The van der Waals surface area contributed by atoms with E-state index in [0.717, 1.165) is 25.8 Å². The molecule has 2 heterocycles. The molecule has 0 saturated carbocycles. The minimum atomic E-state index is -0.207. The van der Waals surface area contributed by atoms with E-state index in [2.05, 4.69) is 17.1 Å². The summed E-state index contributed by atoms with van der Waals surface area (Å²) in [6.45, 7) is 7.37. The molecular formula is C17H28N4O4. The molecule has 8 nitrogen and oxygen atoms in total. The van der Waals surface area contributed by atoms with Crippen molar-refractivity contribution < 1.29 is 18.8 Å². The third kappa shape index (κ3) is 6.45. The van der Waals surface area contributed by atoms with Crippen molar-refractivity contribution in [1.29, 1.82) is 0 Å². The average molecular weight is 352 g/mol. The number of hydrogen-bond donors (Lipinski definition) is 0. The van der Waals surface area contributed by atoms with Crippen LogP contribution in [0, 0.1) is 0 Å². The second-order valence-electron chi connectivity index (χ2n) is 6.17. The third-order valence-corrected chi connectivity index (χ3v) is 4.14. The Balaban J connectivity index is 1.75. The summed E-state index contributed by atoms with van der Waals surface area (Å²) in [5, 5.41) is 3.90. The van der Waals surface area contributed by atoms with Gasteiger partial charge in [-0.05, 0) is 19.8 Å². The van der Waals surface area contributed by atoms with Crippen LogP contribution >= 0.6 is 0 Å². The average Bonchev–Trinajstić information content (AvgIpc) is 2.90. The Morgan fingerprint density at radius 2 is 2.00 bits per heavy atom. The van der Waals surface area contributed by atoms with Crippen LogP contribution in [0.3, 0.4) is 0 Å². The van der Waals surface area contributed by atoms with E-state index in [9.17, 15) is 9.59 Å². The molecule has 1 fully saturated rings. The molecule has 1 aromatic heterocycles. The second-order valence-corrected chi connectivity index (χ2v) is 6.17. The first-order valence-corrected chi connectivity index (χ1v) is 9.09. The van der Waals surface area contributed by atoms with E-state index < -0.39 is 0 Å². The van der Waals surface area contributed by atoms with Crippen LogP contribution in [0.15, 0.2) is 4.52 Å². The van der Waals surface area contributed by atoms with E-state index >= 15 is 0 Å². The summed E-state index contributed by atoms with van der Waals surface area (Å²) in [7, 11) is 0. The van der Waals surface area contributed by atoms with Gasteiger partial charge in [0.25, 0.3) is 0 Å². The fourth-order valence-electron chi connectivity index (χ4n) is 2.86. The van der Waals surface area contributed by atoms with Gasteiger partial charge in [-0.3, -0.25) is 14.5 Å². The van der Waals surface area contributed by atoms with Gasteiger partial charge in [-0.25, -0.2) is 0 Å². The smallest absolute Gasteiger partial charge is 0.320 e. The molecule has 0 aliphatic carbocycles. The van der Waals surface area contributed by atoms with Crippen LogP contribution in [-0.4, -0.2) is 71.1 Å². The van der Waals surface area contributed by atoms with Crippen molar-refractivity contribution in [3.05, 3.63) is 11.7 Å². The van der Waals surface area contributed by atoms with E-state index in [-0.39, 0.29) is 18.4 Å². The van der Waals surface area contributed by atoms with Gasteiger partial charge >= 0.3 is 5.97 Å². The Kier molecular flexibility index (Phi) is 7.84. The monoisotopic (exact) mass is 352 g/mol. The summed E-state index contributed by atoms with van der Waals surface area (Å²) in [6.07, 6.45) is 3.45. The van der Waals surface area contributed by atoms with Crippen molar-refractivity contribution in [3.63, 3.8) is 0 Å². The zero-order valence-corrected chi connectivity index (χ0v) is 15.2. The first-order chi connectivity index (χ1) is 12.1. The molecule has 0 unspecified atom stereocenters. The second kappa shape index (κ2) is 10.1. The predicted octanol–water partition coefficient (Wildman–Crippen LogP) is 1.05. The summed E-state index contributed by atoms with van der Waals surface area (Å²) in [4.78, 5) is 32.2. The van der Waals surface area contributed by atoms with E-state index in [1.54, 1.807) is 6.92 Å². The lowest BCUT2D eigenvalue weighted by Crippen LogP contribution is -2.37. The maximum Gasteiger partial charge on any atom is 0.320 e. The summed E-state index contributed by atoms with van der Waals surface area (Å²) in [6, 6.07) is 0. The highest BCUT2D eigenvalue weighted by molar-refractivity contribution is 5.76. The predicted molar refractivity (Wildman–Crippen MR) is 90.9 cm³/mol. The SMILES string of the molecule is CCCc1noc(CCC(=O)N2CCCN(CC(=O)OCC)CC2)n1. The molecule has 1 aliphatic rings. The fourth-order valence-corrected chi connectivity index (χ4v) is 2.86. The van der Waals surface area contributed by atoms with Gasteiger partial charge in [-0.1, -0.05) is 12.1 Å². The van der Waals surface area contributed by atoms with Crippen LogP contribution < -0.4 is 0 Å². The van der Waals surface area contributed by atoms with Gasteiger partial charge in [-0.2, -0.15) is 4.98 Å². The van der Waals surface area contributed by atoms with E-state index in [1.807, 2.05) is 9.80 Å². The van der Waals surface area contributed by atoms with Crippen LogP contribution in [-0.2, 0) is 27.2 Å². The van der Waals surface area contributed by atoms with E-state index in [0.29, 0.717) is 50.8 Å². The summed E-state index contributed by atoms with van der Waals surface area (Å²) in [5.41, 5.74) is 0. The molecule has 25 heavy (non-hydrogen) atoms. The van der Waals surface area contributed by atoms with Gasteiger partial charge < -0.3 is 14.2 Å². The standard InChI is InChI=1S/C17H28N4O4/c1-3-6-14-18-15(25-19-14)7-8-16(22)21-10-5-9-20(11-12-21)13-17(23)24-4-2/h3-13H2,1-2H3. The minimum absolute atomic E-state index is 0.0910. The molecule has 0 radical (unpaired) electrons. The zero-order valence-electron chi connectivity index (χ0n) is 15.2. The van der Waals surface area contributed by atoms with Crippen LogP contribution in [0.5, 0.6) is 0 Å². The van der Waals surface area contributed by atoms with Crippen molar-refractivity contribution in [2.75, 3.05) is 39.3 Å². The Morgan fingerprint density at radius 1 is 1.16 bits per heavy atom. The minimum Gasteiger partial charge on any atom is -0.465 e. The number of ether oxygens (including phenoxy) is 1. The fraction of sp³-hybridized carbons (Fsp3) is 0.765. The Labute approximate surface area is 148 Å². The van der Waals surface area contributed by atoms with Gasteiger partial charge in [0.2, 0.25) is 11.8 Å². The maximum absolute atomic E-state index is 12.4. The highest BCUT2D eigenvalue weighted by Gasteiger charge is 2.21. The van der Waals surface area contributed by atoms with Gasteiger partial charge in [0.15, 0.2) is 5.82 Å². The van der Waals surface area contributed by atoms with Gasteiger partial charge in [0, 0.05) is 45.4 Å². The molecule has 0 spiro atoms. The molecule has 0 aromatic carbocycles. The van der Waals surface area contributed by atoms with Crippen LogP contribution in [0.2, 0.25) is 0 Å². The van der Waals surface area contributed by atoms with Crippen LogP contribution in [0.4, 0.5) is 0 Å². The molecular weight excluding hydrogens is 324 g/mol. The number of aryl methyl sites for hydroxylation is 2. The van der Waals surface area contributed by atoms with Crippen LogP contribution in [0.25, 0.3) is 0 Å². The number of nitrogens with zero attached hydrogens (tertiary/aromatic N) is 4. The highest BCUT2D eigenvalue weighted by Crippen LogP contribution is 2.08. The largest absolute Gasteiger partial charge is 0.465 e. The lowest BCUT2D eigenvalue weighted by atomic mass is 10.2. The number of amides is 1. The number of aromatic nitrogens is 2. The molecule has 0 atom stereocenters. The lowest BCUT2D eigenvalue weighted by molar-refractivity contribution is -0.144. The number of esters is 1. The van der Waals surface area contributed by atoms with Crippen molar-refractivity contribution >= 4 is 11.9 Å². The van der Waals surface area contributed by atoms with Crippen molar-refractivity contribution in [2.24, 2.45) is 0 Å². The Morgan fingerprint density at radius 3 is 2.76 bits per heavy atom. The molecule has 0 bridgehead atoms. The number of carbonyl (C=O) groups is 2. The normalized spacial score (nSPS) is 15.8. The maximum atomic E-state index is 12.4. The topological polar surface area (TPSA) is 88.8 Å². The molecule has 0 N–H and O–H groups in total. The first kappa shape index (κ1) is 19.4. The van der Waals surface area contributed by atoms with Crippen molar-refractivity contribution in [2.45, 2.75) is 46.0 Å². The van der Waals surface area contributed by atoms with Gasteiger partial charge in [0.05, 0.1) is 13.2 Å². The molecule has 1 saturated heterocycles. The molecule has 1 aliphatic heterocycles. The first-order valence-electron chi connectivity index (χ1n) is 9.09. The molecule has 8 heteroatoms. The molecule has 140 valence electrons. The third-order valence-electron chi connectivity index (χ3n) is 4.14. The Hall–Kier alpha value is -1.96. The number of carbonyl (C=O) groups excluding carboxylic acids is 2. The Bertz CT molecular complexity index is 561. The van der Waals surface area contributed by atoms with E-state index in [4.69, 9.17) is 9.26 Å². The van der Waals surface area contributed by atoms with Gasteiger partial charge in [-0.15, -0.1) is 0 Å². The van der Waals surface area contributed by atoms with Gasteiger partial charge in [0.1, 0.15) is 0 Å². The number of rotatable bonds is 8.